The van der Waals surface area contributed by atoms with Gasteiger partial charge in [0.2, 0.25) is 10.0 Å². The summed E-state index contributed by atoms with van der Waals surface area (Å²) in [6.07, 6.45) is 3.46. The van der Waals surface area contributed by atoms with Crippen molar-refractivity contribution in [2.45, 2.75) is 23.5 Å². The first kappa shape index (κ1) is 14.4. The molecule has 0 aliphatic carbocycles. The van der Waals surface area contributed by atoms with E-state index >= 15 is 0 Å². The van der Waals surface area contributed by atoms with Crippen molar-refractivity contribution < 1.29 is 17.9 Å². The summed E-state index contributed by atoms with van der Waals surface area (Å²) in [5.41, 5.74) is 0. The van der Waals surface area contributed by atoms with Crippen LogP contribution in [0.15, 0.2) is 29.4 Å². The van der Waals surface area contributed by atoms with Gasteiger partial charge >= 0.3 is 0 Å². The van der Waals surface area contributed by atoms with Crippen LogP contribution < -0.4 is 0 Å². The second-order valence-corrected chi connectivity index (χ2v) is 6.36. The third-order valence-electron chi connectivity index (χ3n) is 3.26. The van der Waals surface area contributed by atoms with E-state index in [0.29, 0.717) is 19.6 Å². The molecule has 7 heteroatoms. The lowest BCUT2D eigenvalue weighted by molar-refractivity contribution is 0.110. The molecule has 2 heterocycles. The standard InChI is InChI=1S/C12H18N2O4S/c1-17-9-10-6-11(18-2)8-14(10)19(15,16)12-4-3-5-13-7-12/h3-5,7,10-11H,6,8-9H2,1-2H3/t10-,11-/m0/s1. The highest BCUT2D eigenvalue weighted by Crippen LogP contribution is 2.27. The van der Waals surface area contributed by atoms with E-state index in [9.17, 15) is 8.42 Å². The third-order valence-corrected chi connectivity index (χ3v) is 5.16. The van der Waals surface area contributed by atoms with Crippen LogP contribution in [-0.4, -0.2) is 57.2 Å². The first-order valence-electron chi connectivity index (χ1n) is 6.03. The molecule has 2 atom stereocenters. The van der Waals surface area contributed by atoms with E-state index in [2.05, 4.69) is 4.98 Å². The summed E-state index contributed by atoms with van der Waals surface area (Å²) in [5.74, 6) is 0. The molecule has 0 saturated carbocycles. The summed E-state index contributed by atoms with van der Waals surface area (Å²) >= 11 is 0. The lowest BCUT2D eigenvalue weighted by Gasteiger charge is -2.22. The lowest BCUT2D eigenvalue weighted by Crippen LogP contribution is -2.38. The minimum absolute atomic E-state index is 0.0911. The van der Waals surface area contributed by atoms with Crippen LogP contribution in [0.4, 0.5) is 0 Å². The van der Waals surface area contributed by atoms with Gasteiger partial charge in [0.15, 0.2) is 0 Å². The average Bonchev–Trinajstić information content (AvgIpc) is 2.84. The Bertz CT molecular complexity index is 506. The van der Waals surface area contributed by atoms with Gasteiger partial charge in [0, 0.05) is 33.2 Å². The number of ether oxygens (including phenoxy) is 2. The zero-order valence-corrected chi connectivity index (χ0v) is 11.8. The van der Waals surface area contributed by atoms with E-state index in [1.54, 1.807) is 32.5 Å². The number of hydrogen-bond acceptors (Lipinski definition) is 5. The molecule has 1 fully saturated rings. The van der Waals surface area contributed by atoms with Crippen LogP contribution in [-0.2, 0) is 19.5 Å². The Morgan fingerprint density at radius 3 is 2.84 bits per heavy atom. The van der Waals surface area contributed by atoms with E-state index in [1.165, 1.54) is 10.5 Å². The maximum atomic E-state index is 12.6. The fraction of sp³-hybridized carbons (Fsp3) is 0.583. The number of sulfonamides is 1. The molecule has 0 amide bonds. The Morgan fingerprint density at radius 2 is 2.26 bits per heavy atom. The van der Waals surface area contributed by atoms with E-state index in [-0.39, 0.29) is 17.0 Å². The zero-order chi connectivity index (χ0) is 13.9. The molecule has 0 bridgehead atoms. The number of aromatic nitrogens is 1. The van der Waals surface area contributed by atoms with Crippen LogP contribution >= 0.6 is 0 Å². The average molecular weight is 286 g/mol. The molecule has 1 aliphatic rings. The Balaban J connectivity index is 2.28. The molecule has 0 radical (unpaired) electrons. The first-order chi connectivity index (χ1) is 9.09. The Kier molecular flexibility index (Phi) is 4.51. The summed E-state index contributed by atoms with van der Waals surface area (Å²) < 4.78 is 36.9. The number of rotatable bonds is 5. The molecule has 1 aliphatic heterocycles. The molecule has 0 unspecified atom stereocenters. The molecule has 2 rings (SSSR count). The van der Waals surface area contributed by atoms with Gasteiger partial charge in [0.05, 0.1) is 18.8 Å². The van der Waals surface area contributed by atoms with Crippen molar-refractivity contribution in [3.63, 3.8) is 0 Å². The molecule has 1 saturated heterocycles. The third kappa shape index (κ3) is 2.94. The van der Waals surface area contributed by atoms with Gasteiger partial charge in [-0.15, -0.1) is 0 Å². The van der Waals surface area contributed by atoms with Crippen molar-refractivity contribution in [2.75, 3.05) is 27.4 Å². The lowest BCUT2D eigenvalue weighted by atomic mass is 10.2. The van der Waals surface area contributed by atoms with Crippen molar-refractivity contribution in [1.82, 2.24) is 9.29 Å². The van der Waals surface area contributed by atoms with Gasteiger partial charge in [-0.1, -0.05) is 0 Å². The second kappa shape index (κ2) is 5.96. The molecule has 106 valence electrons. The summed E-state index contributed by atoms with van der Waals surface area (Å²) in [5, 5.41) is 0. The Labute approximate surface area is 113 Å². The van der Waals surface area contributed by atoms with Crippen molar-refractivity contribution in [2.24, 2.45) is 0 Å². The highest BCUT2D eigenvalue weighted by Gasteiger charge is 2.40. The summed E-state index contributed by atoms with van der Waals surface area (Å²) in [4.78, 5) is 4.07. The van der Waals surface area contributed by atoms with Gasteiger partial charge in [-0.05, 0) is 18.6 Å². The zero-order valence-electron chi connectivity index (χ0n) is 11.0. The van der Waals surface area contributed by atoms with Gasteiger partial charge in [-0.2, -0.15) is 4.31 Å². The highest BCUT2D eigenvalue weighted by atomic mass is 32.2. The first-order valence-corrected chi connectivity index (χ1v) is 7.47. The monoisotopic (exact) mass is 286 g/mol. The molecule has 1 aromatic heterocycles. The fourth-order valence-electron chi connectivity index (χ4n) is 2.29. The minimum Gasteiger partial charge on any atom is -0.383 e. The topological polar surface area (TPSA) is 68.7 Å². The molecular weight excluding hydrogens is 268 g/mol. The van der Waals surface area contributed by atoms with Crippen LogP contribution in [0.1, 0.15) is 6.42 Å². The quantitative estimate of drug-likeness (QED) is 0.788. The van der Waals surface area contributed by atoms with Gasteiger partial charge in [0.1, 0.15) is 4.90 Å². The van der Waals surface area contributed by atoms with Gasteiger partial charge in [-0.25, -0.2) is 8.42 Å². The van der Waals surface area contributed by atoms with Crippen LogP contribution in [0.3, 0.4) is 0 Å². The molecule has 0 spiro atoms. The van der Waals surface area contributed by atoms with Gasteiger partial charge in [-0.3, -0.25) is 4.98 Å². The number of nitrogens with zero attached hydrogens (tertiary/aromatic N) is 2. The van der Waals surface area contributed by atoms with Crippen LogP contribution in [0.25, 0.3) is 0 Å². The van der Waals surface area contributed by atoms with E-state index < -0.39 is 10.0 Å². The highest BCUT2D eigenvalue weighted by molar-refractivity contribution is 7.89. The van der Waals surface area contributed by atoms with E-state index in [0.717, 1.165) is 0 Å². The van der Waals surface area contributed by atoms with Crippen molar-refractivity contribution in [1.29, 1.82) is 0 Å². The van der Waals surface area contributed by atoms with Crippen molar-refractivity contribution in [3.05, 3.63) is 24.5 Å². The summed E-state index contributed by atoms with van der Waals surface area (Å²) in [6, 6.07) is 2.97. The normalized spacial score (nSPS) is 24.7. The number of hydrogen-bond donors (Lipinski definition) is 0. The largest absolute Gasteiger partial charge is 0.383 e. The minimum atomic E-state index is -3.54. The fourth-order valence-corrected chi connectivity index (χ4v) is 3.91. The predicted molar refractivity (Wildman–Crippen MR) is 69.2 cm³/mol. The maximum absolute atomic E-state index is 12.6. The summed E-state index contributed by atoms with van der Waals surface area (Å²) in [7, 11) is -0.386. The van der Waals surface area contributed by atoms with Gasteiger partial charge < -0.3 is 9.47 Å². The molecular formula is C12H18N2O4S. The van der Waals surface area contributed by atoms with E-state index in [4.69, 9.17) is 9.47 Å². The predicted octanol–water partition coefficient (Wildman–Crippen LogP) is 0.506. The molecule has 0 N–H and O–H groups in total. The molecule has 19 heavy (non-hydrogen) atoms. The van der Waals surface area contributed by atoms with Crippen LogP contribution in [0, 0.1) is 0 Å². The van der Waals surface area contributed by atoms with Crippen LogP contribution in [0.5, 0.6) is 0 Å². The van der Waals surface area contributed by atoms with Crippen molar-refractivity contribution >= 4 is 10.0 Å². The number of pyridine rings is 1. The molecule has 6 nitrogen and oxygen atoms in total. The molecule has 1 aromatic rings. The molecule has 0 aromatic carbocycles. The Hall–Kier alpha value is -1.02. The van der Waals surface area contributed by atoms with Crippen molar-refractivity contribution in [3.8, 4) is 0 Å². The van der Waals surface area contributed by atoms with Crippen LogP contribution in [0.2, 0.25) is 0 Å². The van der Waals surface area contributed by atoms with E-state index in [1.807, 2.05) is 0 Å². The van der Waals surface area contributed by atoms with Gasteiger partial charge in [0.25, 0.3) is 0 Å². The Morgan fingerprint density at radius 1 is 1.47 bits per heavy atom. The maximum Gasteiger partial charge on any atom is 0.245 e. The summed E-state index contributed by atoms with van der Waals surface area (Å²) in [6.45, 7) is 0.709. The second-order valence-electron chi connectivity index (χ2n) is 4.47. The smallest absolute Gasteiger partial charge is 0.245 e. The SMILES string of the molecule is COC[C@@H]1C[C@H](OC)CN1S(=O)(=O)c1cccnc1. The number of methoxy groups -OCH3 is 2.